The molecular weight excluding hydrogens is 350 g/mol. The summed E-state index contributed by atoms with van der Waals surface area (Å²) in [5, 5.41) is 3.72. The average Bonchev–Trinajstić information content (AvgIpc) is 2.55. The van der Waals surface area contributed by atoms with E-state index in [2.05, 4.69) is 41.4 Å². The molecule has 0 saturated heterocycles. The number of nitrogens with one attached hydrogen (secondary N) is 1. The van der Waals surface area contributed by atoms with E-state index >= 15 is 0 Å². The molecule has 25 heavy (non-hydrogen) atoms. The monoisotopic (exact) mass is 374 g/mol. The Labute approximate surface area is 150 Å². The summed E-state index contributed by atoms with van der Waals surface area (Å²) in [5.74, 6) is 2.66. The summed E-state index contributed by atoms with van der Waals surface area (Å²) < 4.78 is 27.2. The van der Waals surface area contributed by atoms with Gasteiger partial charge in [0.05, 0.1) is 17.6 Å². The number of rotatable bonds is 4. The van der Waals surface area contributed by atoms with Gasteiger partial charge in [0.2, 0.25) is 0 Å². The lowest BCUT2D eigenvalue weighted by molar-refractivity contribution is 0.585. The molecule has 0 aliphatic carbocycles. The molecule has 0 fully saturated rings. The molecule has 0 bridgehead atoms. The molecule has 1 atom stereocenters. The smallest absolute Gasteiger partial charge is 0.147 e. The van der Waals surface area contributed by atoms with Crippen molar-refractivity contribution in [3.8, 4) is 11.5 Å². The number of benzene rings is 1. The van der Waals surface area contributed by atoms with Crippen molar-refractivity contribution in [2.75, 3.05) is 18.1 Å². The SMILES string of the molecule is CCP(C)(=O)c1ccncc1Nc1ccc(C#C[Si](C)(C)C)cc1F. The van der Waals surface area contributed by atoms with E-state index < -0.39 is 15.2 Å². The maximum Gasteiger partial charge on any atom is 0.147 e. The van der Waals surface area contributed by atoms with Gasteiger partial charge in [-0.2, -0.15) is 0 Å². The first-order valence-electron chi connectivity index (χ1n) is 8.23. The Morgan fingerprint density at radius 2 is 1.96 bits per heavy atom. The molecular formula is C19H24FN2OPSi. The van der Waals surface area contributed by atoms with Crippen LogP contribution in [0.15, 0.2) is 36.7 Å². The van der Waals surface area contributed by atoms with Crippen molar-refractivity contribution in [2.45, 2.75) is 26.6 Å². The zero-order chi connectivity index (χ0) is 18.7. The third-order valence-corrected chi connectivity index (χ3v) is 7.22. The predicted molar refractivity (Wildman–Crippen MR) is 108 cm³/mol. The molecule has 0 saturated carbocycles. The number of hydrogen-bond donors (Lipinski definition) is 1. The molecule has 1 N–H and O–H groups in total. The topological polar surface area (TPSA) is 42.0 Å². The summed E-state index contributed by atoms with van der Waals surface area (Å²) in [7, 11) is -4.00. The van der Waals surface area contributed by atoms with E-state index in [4.69, 9.17) is 0 Å². The highest BCUT2D eigenvalue weighted by atomic mass is 31.2. The van der Waals surface area contributed by atoms with Crippen LogP contribution < -0.4 is 10.6 Å². The van der Waals surface area contributed by atoms with Crippen LogP contribution in [0.2, 0.25) is 19.6 Å². The van der Waals surface area contributed by atoms with E-state index in [1.54, 1.807) is 37.3 Å². The van der Waals surface area contributed by atoms with Gasteiger partial charge in [0.15, 0.2) is 0 Å². The molecule has 6 heteroatoms. The van der Waals surface area contributed by atoms with E-state index in [0.717, 1.165) is 0 Å². The fraction of sp³-hybridized carbons (Fsp3) is 0.316. The Bertz CT molecular complexity index is 881. The summed E-state index contributed by atoms with van der Waals surface area (Å²) in [6.07, 6.45) is 3.73. The van der Waals surface area contributed by atoms with Crippen LogP contribution in [0, 0.1) is 17.3 Å². The van der Waals surface area contributed by atoms with Crippen LogP contribution in [0.25, 0.3) is 0 Å². The first kappa shape index (κ1) is 19.4. The van der Waals surface area contributed by atoms with Crippen molar-refractivity contribution in [2.24, 2.45) is 0 Å². The summed E-state index contributed by atoms with van der Waals surface area (Å²) in [4.78, 5) is 4.07. The van der Waals surface area contributed by atoms with Crippen molar-refractivity contribution >= 4 is 31.9 Å². The molecule has 1 aromatic carbocycles. The minimum atomic E-state index is -2.50. The van der Waals surface area contributed by atoms with Gasteiger partial charge in [-0.05, 0) is 30.9 Å². The Kier molecular flexibility index (Phi) is 5.87. The summed E-state index contributed by atoms with van der Waals surface area (Å²) in [6, 6.07) is 6.61. The number of nitrogens with zero attached hydrogens (tertiary/aromatic N) is 1. The average molecular weight is 374 g/mol. The van der Waals surface area contributed by atoms with Crippen LogP contribution >= 0.6 is 7.14 Å². The van der Waals surface area contributed by atoms with Crippen LogP contribution in [0.5, 0.6) is 0 Å². The first-order valence-corrected chi connectivity index (χ1v) is 14.1. The number of hydrogen-bond acceptors (Lipinski definition) is 3. The molecule has 0 aliphatic rings. The van der Waals surface area contributed by atoms with Crippen LogP contribution in [0.3, 0.4) is 0 Å². The van der Waals surface area contributed by atoms with Gasteiger partial charge in [-0.3, -0.25) is 4.98 Å². The van der Waals surface area contributed by atoms with Crippen LogP contribution in [0.4, 0.5) is 15.8 Å². The van der Waals surface area contributed by atoms with Crippen molar-refractivity contribution < 1.29 is 8.96 Å². The largest absolute Gasteiger partial charge is 0.351 e. The molecule has 3 nitrogen and oxygen atoms in total. The Morgan fingerprint density at radius 3 is 2.56 bits per heavy atom. The lowest BCUT2D eigenvalue weighted by atomic mass is 10.2. The normalized spacial score (nSPS) is 13.5. The predicted octanol–water partition coefficient (Wildman–Crippen LogP) is 4.83. The second-order valence-corrected chi connectivity index (χ2v) is 15.2. The zero-order valence-electron chi connectivity index (χ0n) is 15.4. The van der Waals surface area contributed by atoms with Crippen LogP contribution in [-0.4, -0.2) is 25.9 Å². The second kappa shape index (κ2) is 7.55. The van der Waals surface area contributed by atoms with Crippen LogP contribution in [-0.2, 0) is 4.57 Å². The minimum absolute atomic E-state index is 0.323. The molecule has 132 valence electrons. The summed E-state index contributed by atoms with van der Waals surface area (Å²) >= 11 is 0. The standard InChI is InChI=1S/C19H24FN2OPSi/c1-6-24(2,23)19-9-11-21-14-18(19)22-17-8-7-15(13-16(17)20)10-12-25(3,4)5/h7-9,11,13-14,22H,6H2,1-5H3. The molecule has 0 radical (unpaired) electrons. The van der Waals surface area contributed by atoms with Gasteiger partial charge in [0.25, 0.3) is 0 Å². The number of halogens is 1. The van der Waals surface area contributed by atoms with Gasteiger partial charge in [0, 0.05) is 23.2 Å². The molecule has 1 heterocycles. The van der Waals surface area contributed by atoms with Gasteiger partial charge in [-0.15, -0.1) is 5.54 Å². The van der Waals surface area contributed by atoms with Crippen molar-refractivity contribution in [3.63, 3.8) is 0 Å². The zero-order valence-corrected chi connectivity index (χ0v) is 17.2. The molecule has 0 spiro atoms. The van der Waals surface area contributed by atoms with Gasteiger partial charge in [0.1, 0.15) is 21.0 Å². The van der Waals surface area contributed by atoms with E-state index in [9.17, 15) is 8.96 Å². The van der Waals surface area contributed by atoms with Gasteiger partial charge >= 0.3 is 0 Å². The van der Waals surface area contributed by atoms with Crippen LogP contribution in [0.1, 0.15) is 12.5 Å². The Morgan fingerprint density at radius 1 is 1.24 bits per heavy atom. The summed E-state index contributed by atoms with van der Waals surface area (Å²) in [6.45, 7) is 10.1. The Hall–Kier alpha value is -1.89. The molecule has 1 aromatic heterocycles. The van der Waals surface area contributed by atoms with Gasteiger partial charge in [-0.25, -0.2) is 4.39 Å². The maximum absolute atomic E-state index is 14.5. The van der Waals surface area contributed by atoms with Crippen molar-refractivity contribution in [1.82, 2.24) is 4.98 Å². The lowest BCUT2D eigenvalue weighted by Gasteiger charge is -2.17. The molecule has 2 rings (SSSR count). The number of pyridine rings is 1. The third-order valence-electron chi connectivity index (χ3n) is 3.73. The highest BCUT2D eigenvalue weighted by molar-refractivity contribution is 7.71. The quantitative estimate of drug-likeness (QED) is 0.473. The fourth-order valence-electron chi connectivity index (χ4n) is 2.17. The number of anilines is 2. The second-order valence-electron chi connectivity index (χ2n) is 7.13. The van der Waals surface area contributed by atoms with E-state index in [1.165, 1.54) is 6.07 Å². The first-order chi connectivity index (χ1) is 11.6. The lowest BCUT2D eigenvalue weighted by Crippen LogP contribution is -2.16. The summed E-state index contributed by atoms with van der Waals surface area (Å²) in [5.41, 5.74) is 4.79. The third kappa shape index (κ3) is 5.29. The molecule has 0 amide bonds. The number of aromatic nitrogens is 1. The minimum Gasteiger partial charge on any atom is -0.351 e. The highest BCUT2D eigenvalue weighted by Gasteiger charge is 2.20. The van der Waals surface area contributed by atoms with Crippen molar-refractivity contribution in [3.05, 3.63) is 48.0 Å². The fourth-order valence-corrected chi connectivity index (χ4v) is 4.03. The van der Waals surface area contributed by atoms with Gasteiger partial charge in [-0.1, -0.05) is 32.5 Å². The van der Waals surface area contributed by atoms with E-state index in [0.29, 0.717) is 28.4 Å². The molecule has 2 aromatic rings. The maximum atomic E-state index is 14.5. The Balaban J connectivity index is 2.34. The van der Waals surface area contributed by atoms with E-state index in [-0.39, 0.29) is 5.82 Å². The highest BCUT2D eigenvalue weighted by Crippen LogP contribution is 2.41. The van der Waals surface area contributed by atoms with E-state index in [1.807, 2.05) is 6.92 Å². The van der Waals surface area contributed by atoms with Gasteiger partial charge < -0.3 is 9.88 Å². The molecule has 0 aliphatic heterocycles. The molecule has 1 unspecified atom stereocenters. The van der Waals surface area contributed by atoms with Crippen molar-refractivity contribution in [1.29, 1.82) is 0 Å².